The molecule has 0 radical (unpaired) electrons. The van der Waals surface area contributed by atoms with Crippen molar-refractivity contribution in [2.45, 2.75) is 6.42 Å². The van der Waals surface area contributed by atoms with Gasteiger partial charge in [0.25, 0.3) is 0 Å². The van der Waals surface area contributed by atoms with Crippen LogP contribution in [0.2, 0.25) is 0 Å². The second-order valence-corrected chi connectivity index (χ2v) is 3.78. The van der Waals surface area contributed by atoms with Gasteiger partial charge in [-0.3, -0.25) is 4.79 Å². The predicted molar refractivity (Wildman–Crippen MR) is 62.0 cm³/mol. The second-order valence-electron chi connectivity index (χ2n) is 3.78. The molecule has 3 nitrogen and oxygen atoms in total. The first-order valence-corrected chi connectivity index (χ1v) is 5.18. The molecule has 16 heavy (non-hydrogen) atoms. The topological polar surface area (TPSA) is 42.0 Å². The molecule has 0 saturated carbocycles. The van der Waals surface area contributed by atoms with Gasteiger partial charge in [0.1, 0.15) is 5.82 Å². The van der Waals surface area contributed by atoms with Gasteiger partial charge in [0, 0.05) is 11.8 Å². The first kappa shape index (κ1) is 9.09. The summed E-state index contributed by atoms with van der Waals surface area (Å²) in [6.07, 6.45) is 2.15. The lowest BCUT2D eigenvalue weighted by molar-refractivity contribution is -0.115. The van der Waals surface area contributed by atoms with Gasteiger partial charge < -0.3 is 5.32 Å². The number of hydrogen-bond donors (Lipinski definition) is 1. The number of carbonyl (C=O) groups excluding carboxylic acids is 1. The van der Waals surface area contributed by atoms with E-state index in [0.29, 0.717) is 12.2 Å². The van der Waals surface area contributed by atoms with Crippen LogP contribution in [0, 0.1) is 0 Å². The molecule has 0 unspecified atom stereocenters. The smallest absolute Gasteiger partial charge is 0.230 e. The quantitative estimate of drug-likeness (QED) is 0.784. The third-order valence-electron chi connectivity index (χ3n) is 2.74. The summed E-state index contributed by atoms with van der Waals surface area (Å²) in [5.74, 6) is 0.720. The fourth-order valence-electron chi connectivity index (χ4n) is 2.00. The van der Waals surface area contributed by atoms with E-state index in [9.17, 15) is 4.79 Å². The number of aromatic nitrogens is 1. The van der Waals surface area contributed by atoms with Crippen LogP contribution < -0.4 is 5.32 Å². The van der Waals surface area contributed by atoms with Crippen molar-refractivity contribution in [2.24, 2.45) is 0 Å². The van der Waals surface area contributed by atoms with Crippen LogP contribution in [0.15, 0.2) is 42.6 Å². The van der Waals surface area contributed by atoms with Gasteiger partial charge in [-0.25, -0.2) is 4.98 Å². The average Bonchev–Trinajstić information content (AvgIpc) is 2.70. The van der Waals surface area contributed by atoms with E-state index in [0.717, 1.165) is 16.7 Å². The van der Waals surface area contributed by atoms with E-state index in [2.05, 4.69) is 10.3 Å². The molecule has 2 aromatic rings. The van der Waals surface area contributed by atoms with Gasteiger partial charge in [-0.15, -0.1) is 0 Å². The van der Waals surface area contributed by atoms with E-state index < -0.39 is 0 Å². The highest BCUT2D eigenvalue weighted by molar-refractivity contribution is 6.00. The molecule has 3 rings (SSSR count). The minimum absolute atomic E-state index is 0.0193. The maximum Gasteiger partial charge on any atom is 0.230 e. The maximum absolute atomic E-state index is 11.3. The van der Waals surface area contributed by atoms with Crippen LogP contribution >= 0.6 is 0 Å². The lowest BCUT2D eigenvalue weighted by Gasteiger charge is -2.05. The fourth-order valence-corrected chi connectivity index (χ4v) is 2.00. The van der Waals surface area contributed by atoms with E-state index in [1.807, 2.05) is 36.4 Å². The predicted octanol–water partition coefficient (Wildman–Crippen LogP) is 2.24. The average molecular weight is 210 g/mol. The normalized spacial score (nSPS) is 13.4. The van der Waals surface area contributed by atoms with Crippen LogP contribution in [0.25, 0.3) is 11.1 Å². The number of pyridine rings is 1. The number of amides is 1. The Morgan fingerprint density at radius 1 is 1.12 bits per heavy atom. The zero-order chi connectivity index (χ0) is 11.0. The molecule has 2 heterocycles. The van der Waals surface area contributed by atoms with Gasteiger partial charge in [-0.1, -0.05) is 30.3 Å². The second kappa shape index (κ2) is 3.45. The van der Waals surface area contributed by atoms with Crippen LogP contribution in [0.3, 0.4) is 0 Å². The van der Waals surface area contributed by atoms with Crippen LogP contribution in [-0.2, 0) is 11.2 Å². The minimum atomic E-state index is 0.0193. The molecule has 0 bridgehead atoms. The van der Waals surface area contributed by atoms with Crippen molar-refractivity contribution in [3.05, 3.63) is 48.2 Å². The van der Waals surface area contributed by atoms with Crippen molar-refractivity contribution < 1.29 is 4.79 Å². The first-order chi connectivity index (χ1) is 7.84. The number of nitrogens with one attached hydrogen (secondary N) is 1. The Morgan fingerprint density at radius 3 is 2.75 bits per heavy atom. The number of rotatable bonds is 1. The van der Waals surface area contributed by atoms with Crippen LogP contribution in [0.5, 0.6) is 0 Å². The Labute approximate surface area is 93.1 Å². The van der Waals surface area contributed by atoms with E-state index in [-0.39, 0.29) is 5.91 Å². The number of carbonyl (C=O) groups is 1. The number of hydrogen-bond acceptors (Lipinski definition) is 2. The van der Waals surface area contributed by atoms with E-state index in [1.165, 1.54) is 0 Å². The van der Waals surface area contributed by atoms with Crippen molar-refractivity contribution in [3.8, 4) is 11.1 Å². The lowest BCUT2D eigenvalue weighted by atomic mass is 10.0. The summed E-state index contributed by atoms with van der Waals surface area (Å²) >= 11 is 0. The first-order valence-electron chi connectivity index (χ1n) is 5.18. The summed E-state index contributed by atoms with van der Waals surface area (Å²) in [7, 11) is 0. The Morgan fingerprint density at radius 2 is 1.94 bits per heavy atom. The molecule has 1 amide bonds. The molecular formula is C13H10N2O. The summed E-state index contributed by atoms with van der Waals surface area (Å²) in [5.41, 5.74) is 3.21. The van der Waals surface area contributed by atoms with Crippen LogP contribution in [0.4, 0.5) is 5.82 Å². The summed E-state index contributed by atoms with van der Waals surface area (Å²) in [5, 5.41) is 2.76. The van der Waals surface area contributed by atoms with Crippen molar-refractivity contribution in [1.82, 2.24) is 4.98 Å². The molecule has 0 aliphatic carbocycles. The molecule has 1 aromatic carbocycles. The number of anilines is 1. The Bertz CT molecular complexity index is 549. The fraction of sp³-hybridized carbons (Fsp3) is 0.0769. The molecule has 78 valence electrons. The molecule has 3 heteroatoms. The van der Waals surface area contributed by atoms with Gasteiger partial charge in [0.05, 0.1) is 6.42 Å². The Kier molecular flexibility index (Phi) is 1.96. The standard InChI is InChI=1S/C13H10N2O/c16-12-8-11-10(6-7-14-13(11)15-12)9-4-2-1-3-5-9/h1-7H,8H2,(H,14,15,16). The summed E-state index contributed by atoms with van der Waals surface area (Å²) < 4.78 is 0. The SMILES string of the molecule is O=C1Cc2c(-c3ccccc3)ccnc2N1. The zero-order valence-electron chi connectivity index (χ0n) is 8.60. The lowest BCUT2D eigenvalue weighted by Crippen LogP contribution is -2.04. The Balaban J connectivity index is 2.17. The summed E-state index contributed by atoms with van der Waals surface area (Å²) in [6, 6.07) is 12.0. The minimum Gasteiger partial charge on any atom is -0.310 e. The molecule has 0 fully saturated rings. The number of fused-ring (bicyclic) bond motifs is 1. The monoisotopic (exact) mass is 210 g/mol. The molecule has 1 aromatic heterocycles. The highest BCUT2D eigenvalue weighted by Gasteiger charge is 2.21. The van der Waals surface area contributed by atoms with Gasteiger partial charge >= 0.3 is 0 Å². The van der Waals surface area contributed by atoms with Gasteiger partial charge in [0.15, 0.2) is 0 Å². The van der Waals surface area contributed by atoms with Gasteiger partial charge in [-0.2, -0.15) is 0 Å². The zero-order valence-corrected chi connectivity index (χ0v) is 8.60. The van der Waals surface area contributed by atoms with Crippen molar-refractivity contribution >= 4 is 11.7 Å². The van der Waals surface area contributed by atoms with E-state index >= 15 is 0 Å². The van der Waals surface area contributed by atoms with Gasteiger partial charge in [0.2, 0.25) is 5.91 Å². The van der Waals surface area contributed by atoms with Crippen LogP contribution in [0.1, 0.15) is 5.56 Å². The summed E-state index contributed by atoms with van der Waals surface area (Å²) in [6.45, 7) is 0. The van der Waals surface area contributed by atoms with Gasteiger partial charge in [-0.05, 0) is 17.2 Å². The molecule has 1 aliphatic heterocycles. The molecule has 1 aliphatic rings. The molecular weight excluding hydrogens is 200 g/mol. The number of benzene rings is 1. The van der Waals surface area contributed by atoms with Crippen molar-refractivity contribution in [2.75, 3.05) is 5.32 Å². The maximum atomic E-state index is 11.3. The molecule has 1 N–H and O–H groups in total. The van der Waals surface area contributed by atoms with E-state index in [4.69, 9.17) is 0 Å². The van der Waals surface area contributed by atoms with Crippen LogP contribution in [-0.4, -0.2) is 10.9 Å². The summed E-state index contributed by atoms with van der Waals surface area (Å²) in [4.78, 5) is 15.5. The highest BCUT2D eigenvalue weighted by atomic mass is 16.1. The van der Waals surface area contributed by atoms with Crippen molar-refractivity contribution in [1.29, 1.82) is 0 Å². The third kappa shape index (κ3) is 1.37. The molecule has 0 atom stereocenters. The third-order valence-corrected chi connectivity index (χ3v) is 2.74. The van der Waals surface area contributed by atoms with Crippen molar-refractivity contribution in [3.63, 3.8) is 0 Å². The molecule has 0 spiro atoms. The highest BCUT2D eigenvalue weighted by Crippen LogP contribution is 2.31. The molecule has 0 saturated heterocycles. The Hall–Kier alpha value is -2.16. The van der Waals surface area contributed by atoms with E-state index in [1.54, 1.807) is 6.20 Å². The number of nitrogens with zero attached hydrogens (tertiary/aromatic N) is 1. The largest absolute Gasteiger partial charge is 0.310 e.